The average molecular weight is 543 g/mol. The molecule has 0 saturated heterocycles. The van der Waals surface area contributed by atoms with Crippen molar-refractivity contribution < 1.29 is 20.4 Å². The van der Waals surface area contributed by atoms with Crippen molar-refractivity contribution in [3.05, 3.63) is 46.5 Å². The fourth-order valence-electron chi connectivity index (χ4n) is 11.8. The Labute approximate surface area is 238 Å². The maximum Gasteiger partial charge on any atom is 0.123 e. The third kappa shape index (κ3) is 3.27. The summed E-state index contributed by atoms with van der Waals surface area (Å²) in [5.41, 5.74) is 7.15. The highest BCUT2D eigenvalue weighted by atomic mass is 16.3. The fourth-order valence-corrected chi connectivity index (χ4v) is 11.8. The molecular weight excluding hydrogens is 496 g/mol. The molecule has 0 aliphatic heterocycles. The molecule has 0 radical (unpaired) electrons. The van der Waals surface area contributed by atoms with Crippen molar-refractivity contribution in [2.45, 2.75) is 115 Å². The molecule has 8 rings (SSSR count). The molecule has 0 heterocycles. The molecule has 0 spiro atoms. The number of fused-ring (bicyclic) bond motifs is 10. The Morgan fingerprint density at radius 1 is 0.575 bits per heavy atom. The van der Waals surface area contributed by atoms with Crippen molar-refractivity contribution in [2.24, 2.45) is 34.5 Å². The highest BCUT2D eigenvalue weighted by Gasteiger charge is 2.56. The summed E-state index contributed by atoms with van der Waals surface area (Å²) in [6.45, 7) is 4.65. The van der Waals surface area contributed by atoms with Gasteiger partial charge in [0.05, 0.1) is 12.2 Å². The van der Waals surface area contributed by atoms with Gasteiger partial charge in [0, 0.05) is 11.1 Å². The van der Waals surface area contributed by atoms with Gasteiger partial charge in [-0.3, -0.25) is 0 Å². The Balaban J connectivity index is 1.20. The van der Waals surface area contributed by atoms with Crippen LogP contribution in [0.4, 0.5) is 0 Å². The van der Waals surface area contributed by atoms with Crippen LogP contribution >= 0.6 is 0 Å². The first kappa shape index (κ1) is 25.7. The molecule has 40 heavy (non-hydrogen) atoms. The minimum atomic E-state index is -0.169. The molecule has 10 atom stereocenters. The van der Waals surface area contributed by atoms with E-state index in [4.69, 9.17) is 0 Å². The standard InChI is InChI=1S/C36H46O4/c1-35-17-15-21-19-7-11-29(37)33(25(19)5-3-23(21)27(35)9-13-31(35)39)34-26-6-4-24-22(20(26)8-12-30(34)38)16-18-36(2)28(24)10-14-32(36)40/h7-8,11-12,21-24,27-28,31-32,37-40H,3-6,9-10,13-18H2,1-2H3/t21-,22-,23-,24-,27+,28+,31+,32+,35+,36+/m1/s1. The molecule has 4 heteroatoms. The lowest BCUT2D eigenvalue weighted by Gasteiger charge is -2.51. The van der Waals surface area contributed by atoms with Gasteiger partial charge in [0.2, 0.25) is 0 Å². The van der Waals surface area contributed by atoms with Gasteiger partial charge in [0.1, 0.15) is 11.5 Å². The monoisotopic (exact) mass is 542 g/mol. The van der Waals surface area contributed by atoms with Crippen LogP contribution in [0.15, 0.2) is 24.3 Å². The van der Waals surface area contributed by atoms with E-state index < -0.39 is 0 Å². The summed E-state index contributed by atoms with van der Waals surface area (Å²) in [4.78, 5) is 0. The van der Waals surface area contributed by atoms with E-state index in [9.17, 15) is 20.4 Å². The van der Waals surface area contributed by atoms with Crippen LogP contribution in [0.5, 0.6) is 11.5 Å². The number of aromatic hydroxyl groups is 2. The summed E-state index contributed by atoms with van der Waals surface area (Å²) in [6, 6.07) is 8.14. The van der Waals surface area contributed by atoms with E-state index in [1.165, 1.54) is 22.3 Å². The van der Waals surface area contributed by atoms with Crippen LogP contribution in [0.3, 0.4) is 0 Å². The quantitative estimate of drug-likeness (QED) is 0.307. The number of aliphatic hydroxyl groups is 2. The van der Waals surface area contributed by atoms with Crippen LogP contribution in [0.2, 0.25) is 0 Å². The van der Waals surface area contributed by atoms with E-state index in [0.29, 0.717) is 47.0 Å². The first-order valence-electron chi connectivity index (χ1n) is 16.3. The number of hydrogen-bond donors (Lipinski definition) is 4. The lowest BCUT2D eigenvalue weighted by atomic mass is 9.54. The second-order valence-corrected chi connectivity index (χ2v) is 15.2. The van der Waals surface area contributed by atoms with E-state index in [2.05, 4.69) is 26.0 Å². The molecule has 2 aromatic carbocycles. The van der Waals surface area contributed by atoms with Crippen LogP contribution in [-0.2, 0) is 12.8 Å². The molecule has 0 aromatic heterocycles. The molecule has 6 aliphatic carbocycles. The Bertz CT molecular complexity index is 1260. The number of aliphatic hydroxyl groups excluding tert-OH is 2. The summed E-state index contributed by atoms with van der Waals surface area (Å²) in [5, 5.41) is 44.5. The molecular formula is C36H46O4. The Morgan fingerprint density at radius 2 is 1.00 bits per heavy atom. The van der Waals surface area contributed by atoms with Gasteiger partial charge in [0.25, 0.3) is 0 Å². The lowest BCUT2D eigenvalue weighted by Crippen LogP contribution is -2.44. The molecule has 4 fully saturated rings. The first-order valence-corrected chi connectivity index (χ1v) is 16.3. The van der Waals surface area contributed by atoms with E-state index in [1.54, 1.807) is 0 Å². The van der Waals surface area contributed by atoms with E-state index >= 15 is 0 Å². The fraction of sp³-hybridized carbons (Fsp3) is 0.667. The highest BCUT2D eigenvalue weighted by Crippen LogP contribution is 2.64. The summed E-state index contributed by atoms with van der Waals surface area (Å²) in [5.74, 6) is 3.89. The minimum Gasteiger partial charge on any atom is -0.507 e. The summed E-state index contributed by atoms with van der Waals surface area (Å²) >= 11 is 0. The zero-order valence-corrected chi connectivity index (χ0v) is 24.2. The maximum absolute atomic E-state index is 11.4. The predicted octanol–water partition coefficient (Wildman–Crippen LogP) is 7.20. The van der Waals surface area contributed by atoms with Crippen molar-refractivity contribution in [3.8, 4) is 22.6 Å². The summed E-state index contributed by atoms with van der Waals surface area (Å²) in [6.07, 6.45) is 12.2. The topological polar surface area (TPSA) is 80.9 Å². The van der Waals surface area contributed by atoms with Crippen LogP contribution < -0.4 is 0 Å². The molecule has 4 N–H and O–H groups in total. The van der Waals surface area contributed by atoms with Gasteiger partial charge in [-0.1, -0.05) is 26.0 Å². The molecule has 0 bridgehead atoms. The van der Waals surface area contributed by atoms with Crippen molar-refractivity contribution in [1.82, 2.24) is 0 Å². The Hall–Kier alpha value is -2.04. The van der Waals surface area contributed by atoms with Gasteiger partial charge in [-0.05, 0) is 158 Å². The zero-order chi connectivity index (χ0) is 27.6. The Kier molecular flexibility index (Phi) is 5.60. The number of phenols is 2. The van der Waals surface area contributed by atoms with Crippen molar-refractivity contribution in [2.75, 3.05) is 0 Å². The maximum atomic E-state index is 11.4. The van der Waals surface area contributed by atoms with Gasteiger partial charge in [-0.2, -0.15) is 0 Å². The van der Waals surface area contributed by atoms with Crippen LogP contribution in [0.1, 0.15) is 112 Å². The smallest absolute Gasteiger partial charge is 0.123 e. The van der Waals surface area contributed by atoms with E-state index in [-0.39, 0.29) is 23.0 Å². The minimum absolute atomic E-state index is 0.0527. The predicted molar refractivity (Wildman–Crippen MR) is 156 cm³/mol. The molecule has 6 aliphatic rings. The Morgan fingerprint density at radius 3 is 1.43 bits per heavy atom. The van der Waals surface area contributed by atoms with E-state index in [1.807, 2.05) is 12.1 Å². The molecule has 2 aromatic rings. The van der Waals surface area contributed by atoms with Crippen molar-refractivity contribution >= 4 is 0 Å². The molecule has 4 saturated carbocycles. The van der Waals surface area contributed by atoms with Gasteiger partial charge in [-0.25, -0.2) is 0 Å². The number of hydrogen-bond acceptors (Lipinski definition) is 4. The largest absolute Gasteiger partial charge is 0.507 e. The molecule has 0 unspecified atom stereocenters. The van der Waals surface area contributed by atoms with Crippen molar-refractivity contribution in [3.63, 3.8) is 0 Å². The lowest BCUT2D eigenvalue weighted by molar-refractivity contribution is -0.0227. The molecule has 0 amide bonds. The normalized spacial score (nSPS) is 43.2. The third-order valence-corrected chi connectivity index (χ3v) is 13.9. The van der Waals surface area contributed by atoms with Crippen LogP contribution in [-0.4, -0.2) is 32.6 Å². The highest BCUT2D eigenvalue weighted by molar-refractivity contribution is 5.83. The summed E-state index contributed by atoms with van der Waals surface area (Å²) < 4.78 is 0. The number of benzene rings is 2. The van der Waals surface area contributed by atoms with Gasteiger partial charge >= 0.3 is 0 Å². The SMILES string of the molecule is C[C@]12CC[C@@H]3c4ccc(O)c(-c5c(O)ccc6c5CC[C@@H]5[C@@H]6CC[C@]6(C)[C@@H](O)CC[C@@H]56)c4CC[C@H]3[C@@H]1CC[C@@H]2O. The first-order chi connectivity index (χ1) is 19.2. The molecule has 4 nitrogen and oxygen atoms in total. The zero-order valence-electron chi connectivity index (χ0n) is 24.2. The van der Waals surface area contributed by atoms with Crippen LogP contribution in [0.25, 0.3) is 11.1 Å². The average Bonchev–Trinajstić information content (AvgIpc) is 3.43. The van der Waals surface area contributed by atoms with Crippen LogP contribution in [0, 0.1) is 34.5 Å². The second kappa shape index (κ2) is 8.74. The second-order valence-electron chi connectivity index (χ2n) is 15.2. The van der Waals surface area contributed by atoms with Gasteiger partial charge < -0.3 is 20.4 Å². The van der Waals surface area contributed by atoms with Gasteiger partial charge in [-0.15, -0.1) is 0 Å². The van der Waals surface area contributed by atoms with Gasteiger partial charge in [0.15, 0.2) is 0 Å². The van der Waals surface area contributed by atoms with E-state index in [0.717, 1.165) is 88.2 Å². The summed E-state index contributed by atoms with van der Waals surface area (Å²) in [7, 11) is 0. The van der Waals surface area contributed by atoms with Crippen molar-refractivity contribution in [1.29, 1.82) is 0 Å². The number of rotatable bonds is 1. The number of phenolic OH excluding ortho intramolecular Hbond substituents is 2. The third-order valence-electron chi connectivity index (χ3n) is 13.9. The molecule has 214 valence electrons.